The van der Waals surface area contributed by atoms with E-state index in [-0.39, 0.29) is 11.8 Å². The lowest BCUT2D eigenvalue weighted by molar-refractivity contribution is -0.116. The first kappa shape index (κ1) is 14.2. The van der Waals surface area contributed by atoms with E-state index in [0.29, 0.717) is 18.1 Å². The van der Waals surface area contributed by atoms with Gasteiger partial charge in [-0.2, -0.15) is 0 Å². The van der Waals surface area contributed by atoms with E-state index in [1.807, 2.05) is 24.3 Å². The number of nitrogens with zero attached hydrogens (tertiary/aromatic N) is 3. The molecule has 2 aromatic heterocycles. The number of benzene rings is 1. The number of hydrogen-bond donors (Lipinski definition) is 2. The Morgan fingerprint density at radius 1 is 1.12 bits per heavy atom. The van der Waals surface area contributed by atoms with E-state index < -0.39 is 0 Å². The van der Waals surface area contributed by atoms with Gasteiger partial charge in [-0.1, -0.05) is 12.1 Å². The van der Waals surface area contributed by atoms with Crippen LogP contribution in [0.15, 0.2) is 52.4 Å². The number of pyridine rings is 1. The smallest absolute Gasteiger partial charge is 0.219 e. The maximum Gasteiger partial charge on any atom is 0.219 e. The summed E-state index contributed by atoms with van der Waals surface area (Å²) in [4.78, 5) is 17.0. The van der Waals surface area contributed by atoms with Crippen LogP contribution in [-0.4, -0.2) is 21.1 Å². The minimum Gasteiger partial charge on any atom is -0.353 e. The summed E-state index contributed by atoms with van der Waals surface area (Å²) in [5.41, 5.74) is 3.57. The van der Waals surface area contributed by atoms with E-state index in [4.69, 9.17) is 4.63 Å². The van der Waals surface area contributed by atoms with Crippen LogP contribution in [0.2, 0.25) is 0 Å². The van der Waals surface area contributed by atoms with Crippen molar-refractivity contribution in [1.82, 2.24) is 15.3 Å². The minimum atomic E-state index is -0.298. The molecule has 2 aliphatic rings. The van der Waals surface area contributed by atoms with Gasteiger partial charge in [0, 0.05) is 29.3 Å². The van der Waals surface area contributed by atoms with Crippen molar-refractivity contribution in [2.24, 2.45) is 0 Å². The number of nitrogens with one attached hydrogen (secondary N) is 2. The molecule has 0 spiro atoms. The molecular formula is C18H15N5O2. The Balaban J connectivity index is 1.69. The standard InChI is InChI=1S/C18H15N5O2/c24-14-5-1-4-13-15(14)16(21-18-17(20-13)22-25-23-18)11-6-7-12-10(9-11)3-2-8-19-12/h2-3,6-9,16H,1,4-5H2,(H,20,22)(H,21,23)/t16-/m0/s1. The third kappa shape index (κ3) is 2.27. The van der Waals surface area contributed by atoms with E-state index in [1.54, 1.807) is 6.20 Å². The largest absolute Gasteiger partial charge is 0.353 e. The summed E-state index contributed by atoms with van der Waals surface area (Å²) in [5.74, 6) is 1.19. The molecule has 1 aromatic carbocycles. The van der Waals surface area contributed by atoms with Gasteiger partial charge >= 0.3 is 0 Å². The molecule has 25 heavy (non-hydrogen) atoms. The number of allylic oxidation sites excluding steroid dienone is 1. The fourth-order valence-electron chi connectivity index (χ4n) is 3.57. The van der Waals surface area contributed by atoms with Crippen LogP contribution in [0, 0.1) is 0 Å². The molecule has 1 aliphatic heterocycles. The fraction of sp³-hybridized carbons (Fsp3) is 0.222. The first-order valence-corrected chi connectivity index (χ1v) is 8.26. The number of Topliss-reactive ketones (excluding diaryl/α,β-unsaturated/α-hetero) is 1. The molecule has 0 radical (unpaired) electrons. The van der Waals surface area contributed by atoms with Crippen LogP contribution >= 0.6 is 0 Å². The lowest BCUT2D eigenvalue weighted by Crippen LogP contribution is -2.23. The summed E-state index contributed by atoms with van der Waals surface area (Å²) in [6, 6.07) is 9.66. The molecule has 0 saturated carbocycles. The number of hydrogen-bond acceptors (Lipinski definition) is 7. The molecule has 1 aliphatic carbocycles. The Hall–Kier alpha value is -3.22. The van der Waals surface area contributed by atoms with Gasteiger partial charge in [0.2, 0.25) is 11.6 Å². The van der Waals surface area contributed by atoms with E-state index >= 15 is 0 Å². The number of ketones is 1. The Labute approximate surface area is 143 Å². The zero-order valence-corrected chi connectivity index (χ0v) is 13.3. The average Bonchev–Trinajstić information content (AvgIpc) is 3.00. The quantitative estimate of drug-likeness (QED) is 0.706. The van der Waals surface area contributed by atoms with Crippen LogP contribution in [0.4, 0.5) is 11.6 Å². The van der Waals surface area contributed by atoms with Crippen molar-refractivity contribution in [3.63, 3.8) is 0 Å². The van der Waals surface area contributed by atoms with E-state index in [9.17, 15) is 4.79 Å². The Morgan fingerprint density at radius 3 is 3.00 bits per heavy atom. The highest BCUT2D eigenvalue weighted by molar-refractivity contribution is 6.00. The van der Waals surface area contributed by atoms with Crippen LogP contribution in [-0.2, 0) is 4.79 Å². The topological polar surface area (TPSA) is 92.9 Å². The molecule has 0 unspecified atom stereocenters. The first-order chi connectivity index (χ1) is 12.3. The predicted octanol–water partition coefficient (Wildman–Crippen LogP) is 3.20. The van der Waals surface area contributed by atoms with E-state index in [0.717, 1.165) is 40.6 Å². The molecule has 3 aromatic rings. The molecule has 0 saturated heterocycles. The van der Waals surface area contributed by atoms with Crippen molar-refractivity contribution < 1.29 is 9.42 Å². The molecule has 0 amide bonds. The maximum absolute atomic E-state index is 12.7. The highest BCUT2D eigenvalue weighted by Gasteiger charge is 2.33. The van der Waals surface area contributed by atoms with Gasteiger partial charge in [0.25, 0.3) is 0 Å². The maximum atomic E-state index is 12.7. The molecule has 0 bridgehead atoms. The second-order valence-corrected chi connectivity index (χ2v) is 6.29. The molecule has 7 nitrogen and oxygen atoms in total. The summed E-state index contributed by atoms with van der Waals surface area (Å²) in [6.07, 6.45) is 3.97. The Bertz CT molecular complexity index is 1020. The Morgan fingerprint density at radius 2 is 2.04 bits per heavy atom. The van der Waals surface area contributed by atoms with E-state index in [2.05, 4.69) is 32.0 Å². The van der Waals surface area contributed by atoms with Crippen LogP contribution in [0.25, 0.3) is 10.9 Å². The van der Waals surface area contributed by atoms with Crippen molar-refractivity contribution in [2.45, 2.75) is 25.3 Å². The highest BCUT2D eigenvalue weighted by atomic mass is 16.6. The molecule has 2 N–H and O–H groups in total. The van der Waals surface area contributed by atoms with Crippen LogP contribution in [0.1, 0.15) is 30.9 Å². The lowest BCUT2D eigenvalue weighted by Gasteiger charge is -2.25. The molecule has 3 heterocycles. The number of anilines is 2. The monoisotopic (exact) mass is 333 g/mol. The lowest BCUT2D eigenvalue weighted by atomic mass is 9.86. The summed E-state index contributed by atoms with van der Waals surface area (Å²) in [6.45, 7) is 0. The molecule has 124 valence electrons. The molecule has 0 fully saturated rings. The van der Waals surface area contributed by atoms with Crippen molar-refractivity contribution in [2.75, 3.05) is 10.6 Å². The van der Waals surface area contributed by atoms with Crippen LogP contribution < -0.4 is 10.6 Å². The van der Waals surface area contributed by atoms with Crippen LogP contribution in [0.5, 0.6) is 0 Å². The van der Waals surface area contributed by atoms with Gasteiger partial charge in [-0.3, -0.25) is 9.78 Å². The summed E-state index contributed by atoms with van der Waals surface area (Å²) in [5, 5.41) is 15.4. The van der Waals surface area contributed by atoms with Crippen LogP contribution in [0.3, 0.4) is 0 Å². The molecule has 5 rings (SSSR count). The van der Waals surface area contributed by atoms with Gasteiger partial charge < -0.3 is 10.6 Å². The molecule has 7 heteroatoms. The van der Waals surface area contributed by atoms with Crippen molar-refractivity contribution in [3.05, 3.63) is 53.4 Å². The van der Waals surface area contributed by atoms with Gasteiger partial charge in [-0.25, -0.2) is 4.63 Å². The van der Waals surface area contributed by atoms with Crippen molar-refractivity contribution in [3.8, 4) is 0 Å². The highest BCUT2D eigenvalue weighted by Crippen LogP contribution is 2.39. The third-order valence-electron chi connectivity index (χ3n) is 4.74. The zero-order valence-electron chi connectivity index (χ0n) is 13.3. The van der Waals surface area contributed by atoms with E-state index in [1.165, 1.54) is 0 Å². The SMILES string of the molecule is O=C1CCCC2=C1[C@H](c1ccc3ncccc3c1)Nc1nonc1N2. The first-order valence-electron chi connectivity index (χ1n) is 8.26. The summed E-state index contributed by atoms with van der Waals surface area (Å²) >= 11 is 0. The third-order valence-corrected chi connectivity index (χ3v) is 4.74. The number of aromatic nitrogens is 3. The second-order valence-electron chi connectivity index (χ2n) is 6.29. The summed E-state index contributed by atoms with van der Waals surface area (Å²) in [7, 11) is 0. The number of fused-ring (bicyclic) bond motifs is 2. The van der Waals surface area contributed by atoms with Crippen molar-refractivity contribution in [1.29, 1.82) is 0 Å². The van der Waals surface area contributed by atoms with Gasteiger partial charge in [0.1, 0.15) is 0 Å². The van der Waals surface area contributed by atoms with Gasteiger partial charge in [-0.15, -0.1) is 0 Å². The number of rotatable bonds is 1. The molecular weight excluding hydrogens is 318 g/mol. The Kier molecular flexibility index (Phi) is 3.06. The number of carbonyl (C=O) groups is 1. The van der Waals surface area contributed by atoms with Crippen molar-refractivity contribution >= 4 is 28.3 Å². The van der Waals surface area contributed by atoms with Gasteiger partial charge in [-0.05, 0) is 46.9 Å². The fourth-order valence-corrected chi connectivity index (χ4v) is 3.57. The number of carbonyl (C=O) groups excluding carboxylic acids is 1. The normalized spacial score (nSPS) is 19.7. The predicted molar refractivity (Wildman–Crippen MR) is 91.9 cm³/mol. The molecule has 1 atom stereocenters. The minimum absolute atomic E-state index is 0.152. The zero-order chi connectivity index (χ0) is 16.8. The van der Waals surface area contributed by atoms with Gasteiger partial charge in [0.05, 0.1) is 11.6 Å². The average molecular weight is 333 g/mol. The van der Waals surface area contributed by atoms with Gasteiger partial charge in [0.15, 0.2) is 5.78 Å². The summed E-state index contributed by atoms with van der Waals surface area (Å²) < 4.78 is 4.84. The second kappa shape index (κ2) is 5.41.